The molecule has 0 radical (unpaired) electrons. The van der Waals surface area contributed by atoms with Gasteiger partial charge in [0.25, 0.3) is 5.56 Å². The van der Waals surface area contributed by atoms with Crippen LogP contribution in [0.15, 0.2) is 27.8 Å². The van der Waals surface area contributed by atoms with Crippen LogP contribution >= 0.6 is 11.3 Å². The molecule has 0 saturated heterocycles. The molecule has 8 nitrogen and oxygen atoms in total. The Kier molecular flexibility index (Phi) is 3.62. The van der Waals surface area contributed by atoms with Crippen LogP contribution in [0.4, 0.5) is 0 Å². The zero-order valence-corrected chi connectivity index (χ0v) is 15.1. The minimum atomic E-state index is -0.297. The number of rotatable bonds is 3. The second-order valence-corrected chi connectivity index (χ2v) is 7.15. The molecule has 0 unspecified atom stereocenters. The molecule has 9 heteroatoms. The molecular weight excluding hydrogens is 356 g/mol. The number of benzene rings is 1. The Labute approximate surface area is 150 Å². The average Bonchev–Trinajstić information content (AvgIpc) is 3.12. The van der Waals surface area contributed by atoms with Crippen molar-refractivity contribution in [3.8, 4) is 22.6 Å². The third-order valence-corrected chi connectivity index (χ3v) is 5.10. The maximum absolute atomic E-state index is 12.7. The number of pyridine rings is 1. The molecule has 0 saturated carbocycles. The highest BCUT2D eigenvalue weighted by atomic mass is 32.1. The number of aromatic amines is 2. The molecule has 3 heterocycles. The van der Waals surface area contributed by atoms with Gasteiger partial charge in [-0.15, -0.1) is 0 Å². The Morgan fingerprint density at radius 1 is 1.31 bits per heavy atom. The first kappa shape index (κ1) is 16.4. The van der Waals surface area contributed by atoms with Crippen LogP contribution in [0, 0.1) is 0 Å². The number of aromatic hydroxyl groups is 1. The molecule has 0 amide bonds. The number of H-pyrrole nitrogens is 2. The largest absolute Gasteiger partial charge is 0.504 e. The first-order valence-electron chi connectivity index (χ1n) is 7.95. The van der Waals surface area contributed by atoms with Crippen LogP contribution in [0.2, 0.25) is 0 Å². The van der Waals surface area contributed by atoms with E-state index in [9.17, 15) is 14.7 Å². The topological polar surface area (TPSA) is 113 Å². The maximum atomic E-state index is 12.7. The van der Waals surface area contributed by atoms with Gasteiger partial charge in [-0.05, 0) is 31.5 Å². The van der Waals surface area contributed by atoms with Gasteiger partial charge in [0.2, 0.25) is 0 Å². The molecule has 3 aromatic heterocycles. The lowest BCUT2D eigenvalue weighted by atomic mass is 10.0. The van der Waals surface area contributed by atoms with Crippen molar-refractivity contribution in [1.82, 2.24) is 19.7 Å². The molecule has 3 N–H and O–H groups in total. The molecule has 0 aliphatic heterocycles. The minimum Gasteiger partial charge on any atom is -0.504 e. The Hall–Kier alpha value is -3.07. The molecule has 0 bridgehead atoms. The molecule has 0 atom stereocenters. The fourth-order valence-corrected chi connectivity index (χ4v) is 3.91. The number of hydrogen-bond donors (Lipinski definition) is 3. The lowest BCUT2D eigenvalue weighted by Gasteiger charge is -2.10. The maximum Gasteiger partial charge on any atom is 0.306 e. The van der Waals surface area contributed by atoms with E-state index in [1.54, 1.807) is 16.8 Å². The van der Waals surface area contributed by atoms with E-state index in [4.69, 9.17) is 4.74 Å². The lowest BCUT2D eigenvalue weighted by Crippen LogP contribution is -2.08. The molecule has 0 fully saturated rings. The first-order chi connectivity index (χ1) is 12.4. The minimum absolute atomic E-state index is 0.0207. The SMILES string of the molecule is COc1ccc(-c2c3sc(=O)[nH]c3nc3c2c(=O)[nH]n3C(C)C)cc1O. The molecule has 1 aromatic carbocycles. The normalized spacial score (nSPS) is 11.7. The van der Waals surface area contributed by atoms with Crippen molar-refractivity contribution in [2.75, 3.05) is 7.11 Å². The number of nitrogens with zero attached hydrogens (tertiary/aromatic N) is 2. The molecule has 0 spiro atoms. The quantitative estimate of drug-likeness (QED) is 0.512. The van der Waals surface area contributed by atoms with Gasteiger partial charge >= 0.3 is 4.87 Å². The van der Waals surface area contributed by atoms with E-state index in [1.165, 1.54) is 13.2 Å². The van der Waals surface area contributed by atoms with Gasteiger partial charge in [-0.25, -0.2) is 4.98 Å². The van der Waals surface area contributed by atoms with Crippen molar-refractivity contribution in [2.45, 2.75) is 19.9 Å². The van der Waals surface area contributed by atoms with Gasteiger partial charge in [0.15, 0.2) is 22.8 Å². The van der Waals surface area contributed by atoms with Gasteiger partial charge in [-0.3, -0.25) is 24.4 Å². The van der Waals surface area contributed by atoms with Crippen LogP contribution in [0.1, 0.15) is 19.9 Å². The number of hydrogen-bond acceptors (Lipinski definition) is 6. The average molecular weight is 372 g/mol. The molecule has 4 rings (SSSR count). The van der Waals surface area contributed by atoms with E-state index in [1.807, 2.05) is 13.8 Å². The summed E-state index contributed by atoms with van der Waals surface area (Å²) in [4.78, 5) is 31.5. The summed E-state index contributed by atoms with van der Waals surface area (Å²) in [7, 11) is 1.46. The Morgan fingerprint density at radius 3 is 2.73 bits per heavy atom. The van der Waals surface area contributed by atoms with Gasteiger partial charge < -0.3 is 9.84 Å². The summed E-state index contributed by atoms with van der Waals surface area (Å²) in [5.41, 5.74) is 1.73. The smallest absolute Gasteiger partial charge is 0.306 e. The fraction of sp³-hybridized carbons (Fsp3) is 0.235. The number of aromatic nitrogens is 4. The van der Waals surface area contributed by atoms with Crippen LogP contribution in [-0.4, -0.2) is 32.0 Å². The van der Waals surface area contributed by atoms with E-state index in [-0.39, 0.29) is 22.2 Å². The van der Waals surface area contributed by atoms with E-state index >= 15 is 0 Å². The van der Waals surface area contributed by atoms with Gasteiger partial charge in [-0.2, -0.15) is 0 Å². The monoisotopic (exact) mass is 372 g/mol. The summed E-state index contributed by atoms with van der Waals surface area (Å²) in [5, 5.41) is 13.4. The highest BCUT2D eigenvalue weighted by Gasteiger charge is 2.21. The highest BCUT2D eigenvalue weighted by molar-refractivity contribution is 7.17. The number of thiazole rings is 1. The van der Waals surface area contributed by atoms with E-state index < -0.39 is 0 Å². The van der Waals surface area contributed by atoms with Crippen LogP contribution in [0.25, 0.3) is 32.5 Å². The van der Waals surface area contributed by atoms with Crippen molar-refractivity contribution in [1.29, 1.82) is 0 Å². The standard InChI is InChI=1S/C17H16N4O4S/c1-7(2)21-15-12(16(23)20-21)11(13-14(18-15)19-17(24)26-13)8-4-5-10(25-3)9(22)6-8/h4-7,22H,1-3H3,(H,20,23)(H,18,19,24). The number of phenols is 1. The summed E-state index contributed by atoms with van der Waals surface area (Å²) in [6, 6.07) is 4.85. The zero-order valence-electron chi connectivity index (χ0n) is 14.3. The summed E-state index contributed by atoms with van der Waals surface area (Å²) in [6.07, 6.45) is 0. The summed E-state index contributed by atoms with van der Waals surface area (Å²) in [6.45, 7) is 3.85. The highest BCUT2D eigenvalue weighted by Crippen LogP contribution is 2.38. The summed E-state index contributed by atoms with van der Waals surface area (Å²) in [5.74, 6) is 0.275. The number of nitrogens with one attached hydrogen (secondary N) is 2. The van der Waals surface area contributed by atoms with Gasteiger partial charge in [0.05, 0.1) is 17.2 Å². The van der Waals surface area contributed by atoms with Crippen LogP contribution in [-0.2, 0) is 0 Å². The van der Waals surface area contributed by atoms with Gasteiger partial charge in [0, 0.05) is 11.6 Å². The summed E-state index contributed by atoms with van der Waals surface area (Å²) >= 11 is 0.982. The molecule has 0 aliphatic carbocycles. The van der Waals surface area contributed by atoms with Crippen molar-refractivity contribution in [3.05, 3.63) is 38.2 Å². The predicted octanol–water partition coefficient (Wildman–Crippen LogP) is 2.59. The number of methoxy groups -OCH3 is 1. The fourth-order valence-electron chi connectivity index (χ4n) is 3.06. The van der Waals surface area contributed by atoms with Crippen molar-refractivity contribution in [2.24, 2.45) is 0 Å². The van der Waals surface area contributed by atoms with Crippen molar-refractivity contribution >= 4 is 32.7 Å². The van der Waals surface area contributed by atoms with Crippen LogP contribution in [0.3, 0.4) is 0 Å². The third-order valence-electron chi connectivity index (χ3n) is 4.21. The molecule has 26 heavy (non-hydrogen) atoms. The zero-order chi connectivity index (χ0) is 18.6. The number of phenolic OH excluding ortho intramolecular Hbond substituents is 1. The van der Waals surface area contributed by atoms with Crippen molar-refractivity contribution < 1.29 is 9.84 Å². The van der Waals surface area contributed by atoms with Crippen molar-refractivity contribution in [3.63, 3.8) is 0 Å². The molecule has 4 aromatic rings. The second kappa shape index (κ2) is 5.73. The molecule has 134 valence electrons. The van der Waals surface area contributed by atoms with E-state index in [2.05, 4.69) is 15.1 Å². The second-order valence-electron chi connectivity index (χ2n) is 6.17. The Balaban J connectivity index is 2.19. The van der Waals surface area contributed by atoms with Gasteiger partial charge in [0.1, 0.15) is 0 Å². The first-order valence-corrected chi connectivity index (χ1v) is 8.76. The predicted molar refractivity (Wildman–Crippen MR) is 100 cm³/mol. The number of fused-ring (bicyclic) bond motifs is 2. The van der Waals surface area contributed by atoms with Crippen LogP contribution in [0.5, 0.6) is 11.5 Å². The van der Waals surface area contributed by atoms with Crippen LogP contribution < -0.4 is 15.2 Å². The molecule has 0 aliphatic rings. The lowest BCUT2D eigenvalue weighted by molar-refractivity contribution is 0.373. The Bertz CT molecular complexity index is 1260. The summed E-state index contributed by atoms with van der Waals surface area (Å²) < 4.78 is 7.32. The number of ether oxygens (including phenoxy) is 1. The molecular formula is C17H16N4O4S. The van der Waals surface area contributed by atoms with E-state index in [0.717, 1.165) is 11.3 Å². The third kappa shape index (κ3) is 2.31. The van der Waals surface area contributed by atoms with E-state index in [0.29, 0.717) is 38.3 Å². The van der Waals surface area contributed by atoms with Gasteiger partial charge in [-0.1, -0.05) is 17.4 Å². The Morgan fingerprint density at radius 2 is 2.08 bits per heavy atom.